The first-order chi connectivity index (χ1) is 8.12. The first-order valence-corrected chi connectivity index (χ1v) is 7.44. The van der Waals surface area contributed by atoms with Gasteiger partial charge in [0.1, 0.15) is 0 Å². The zero-order valence-electron chi connectivity index (χ0n) is 9.61. The second-order valence-electron chi connectivity index (χ2n) is 4.66. The lowest BCUT2D eigenvalue weighted by atomic mass is 10.1. The lowest BCUT2D eigenvalue weighted by Gasteiger charge is -2.17. The van der Waals surface area contributed by atoms with Crippen LogP contribution in [0.5, 0.6) is 0 Å². The van der Waals surface area contributed by atoms with Crippen molar-refractivity contribution in [3.63, 3.8) is 0 Å². The van der Waals surface area contributed by atoms with Crippen LogP contribution in [0.25, 0.3) is 0 Å². The predicted octanol–water partition coefficient (Wildman–Crippen LogP) is 1.85. The molecule has 106 valence electrons. The Morgan fingerprint density at radius 2 is 1.78 bits per heavy atom. The van der Waals surface area contributed by atoms with Crippen LogP contribution in [0.2, 0.25) is 0 Å². The molecule has 0 bridgehead atoms. The van der Waals surface area contributed by atoms with Crippen LogP contribution in [-0.2, 0) is 14.6 Å². The van der Waals surface area contributed by atoms with Gasteiger partial charge in [-0.25, -0.2) is 8.42 Å². The van der Waals surface area contributed by atoms with Crippen LogP contribution in [0.3, 0.4) is 0 Å². The van der Waals surface area contributed by atoms with E-state index in [4.69, 9.17) is 5.11 Å². The minimum absolute atomic E-state index is 0.127. The van der Waals surface area contributed by atoms with Gasteiger partial charge in [-0.15, -0.1) is 0 Å². The second kappa shape index (κ2) is 5.46. The molecule has 1 saturated carbocycles. The number of carbonyl (C=O) groups is 1. The van der Waals surface area contributed by atoms with Crippen molar-refractivity contribution in [2.75, 3.05) is 11.5 Å². The van der Waals surface area contributed by atoms with Crippen molar-refractivity contribution >= 4 is 15.8 Å². The quantitative estimate of drug-likeness (QED) is 0.838. The van der Waals surface area contributed by atoms with Gasteiger partial charge in [0.25, 0.3) is 0 Å². The average Bonchev–Trinajstić information content (AvgIpc) is 2.64. The fourth-order valence-electron chi connectivity index (χ4n) is 2.16. The molecule has 1 atom stereocenters. The molecule has 1 fully saturated rings. The molecule has 0 radical (unpaired) electrons. The fourth-order valence-corrected chi connectivity index (χ4v) is 4.19. The number of aliphatic carboxylic acids is 1. The summed E-state index contributed by atoms with van der Waals surface area (Å²) < 4.78 is 60.3. The Hall–Kier alpha value is -0.790. The van der Waals surface area contributed by atoms with E-state index in [0.717, 1.165) is 12.8 Å². The van der Waals surface area contributed by atoms with E-state index >= 15 is 0 Å². The molecule has 4 nitrogen and oxygen atoms in total. The second-order valence-corrected chi connectivity index (χ2v) is 6.81. The van der Waals surface area contributed by atoms with Gasteiger partial charge in [0.15, 0.2) is 15.8 Å². The highest BCUT2D eigenvalue weighted by molar-refractivity contribution is 7.91. The Kier molecular flexibility index (Phi) is 4.63. The third-order valence-corrected chi connectivity index (χ3v) is 4.90. The van der Waals surface area contributed by atoms with Crippen molar-refractivity contribution in [3.05, 3.63) is 0 Å². The molecule has 0 aliphatic heterocycles. The standard InChI is InChI=1S/C10H15F3O4S/c11-10(12,13)8(9(14)15)6-18(16,17)5-7-3-1-2-4-7/h7-8H,1-6H2,(H,14,15). The van der Waals surface area contributed by atoms with E-state index in [2.05, 4.69) is 0 Å². The highest BCUT2D eigenvalue weighted by Gasteiger charge is 2.47. The molecule has 0 aromatic rings. The normalized spacial score (nSPS) is 19.9. The summed E-state index contributed by atoms with van der Waals surface area (Å²) in [6.45, 7) is 0. The molecular weight excluding hydrogens is 273 g/mol. The SMILES string of the molecule is O=C(O)C(CS(=O)(=O)CC1CCCC1)C(F)(F)F. The summed E-state index contributed by atoms with van der Waals surface area (Å²) in [5.74, 6) is -6.80. The number of hydrogen-bond acceptors (Lipinski definition) is 3. The molecule has 0 spiro atoms. The zero-order chi connectivity index (χ0) is 14.0. The lowest BCUT2D eigenvalue weighted by molar-refractivity contribution is -0.189. The Bertz CT molecular complexity index is 396. The number of carboxylic acids is 1. The van der Waals surface area contributed by atoms with E-state index in [1.807, 2.05) is 0 Å². The van der Waals surface area contributed by atoms with E-state index < -0.39 is 33.7 Å². The van der Waals surface area contributed by atoms with Gasteiger partial charge in [0.05, 0.1) is 11.5 Å². The number of hydrogen-bond donors (Lipinski definition) is 1. The Morgan fingerprint density at radius 3 is 2.17 bits per heavy atom. The summed E-state index contributed by atoms with van der Waals surface area (Å²) in [5.41, 5.74) is 0. The molecule has 0 aromatic carbocycles. The van der Waals surface area contributed by atoms with Crippen LogP contribution in [-0.4, -0.2) is 37.2 Å². The van der Waals surface area contributed by atoms with Gasteiger partial charge in [-0.1, -0.05) is 12.8 Å². The maximum Gasteiger partial charge on any atom is 0.403 e. The summed E-state index contributed by atoms with van der Waals surface area (Å²) >= 11 is 0. The lowest BCUT2D eigenvalue weighted by Crippen LogP contribution is -2.37. The minimum Gasteiger partial charge on any atom is -0.481 e. The molecule has 1 aliphatic rings. The molecule has 0 aromatic heterocycles. The van der Waals surface area contributed by atoms with Crippen LogP contribution in [0.15, 0.2) is 0 Å². The van der Waals surface area contributed by atoms with Gasteiger partial charge in [0, 0.05) is 0 Å². The van der Waals surface area contributed by atoms with Crippen molar-refractivity contribution in [1.29, 1.82) is 0 Å². The number of halogens is 3. The van der Waals surface area contributed by atoms with Gasteiger partial charge in [-0.2, -0.15) is 13.2 Å². The predicted molar refractivity (Wildman–Crippen MR) is 57.8 cm³/mol. The smallest absolute Gasteiger partial charge is 0.403 e. The summed E-state index contributed by atoms with van der Waals surface area (Å²) in [7, 11) is -3.99. The molecule has 1 N–H and O–H groups in total. The molecule has 1 unspecified atom stereocenters. The number of alkyl halides is 3. The molecule has 1 aliphatic carbocycles. The molecule has 1 rings (SSSR count). The topological polar surface area (TPSA) is 71.4 Å². The van der Waals surface area contributed by atoms with Crippen LogP contribution in [0.4, 0.5) is 13.2 Å². The molecule has 0 heterocycles. The zero-order valence-corrected chi connectivity index (χ0v) is 10.4. The van der Waals surface area contributed by atoms with E-state index in [1.54, 1.807) is 0 Å². The average molecular weight is 288 g/mol. The Morgan fingerprint density at radius 1 is 1.28 bits per heavy atom. The molecule has 0 saturated heterocycles. The highest BCUT2D eigenvalue weighted by Crippen LogP contribution is 2.30. The maximum absolute atomic E-state index is 12.4. The summed E-state index contributed by atoms with van der Waals surface area (Å²) in [6.07, 6.45) is -1.91. The third kappa shape index (κ3) is 4.47. The van der Waals surface area contributed by atoms with Gasteiger partial charge < -0.3 is 5.11 Å². The first kappa shape index (κ1) is 15.3. The van der Waals surface area contributed by atoms with Crippen molar-refractivity contribution in [2.24, 2.45) is 11.8 Å². The van der Waals surface area contributed by atoms with Gasteiger partial charge in [-0.3, -0.25) is 4.79 Å². The minimum atomic E-state index is -5.03. The first-order valence-electron chi connectivity index (χ1n) is 5.62. The number of rotatable bonds is 5. The largest absolute Gasteiger partial charge is 0.481 e. The van der Waals surface area contributed by atoms with Crippen LogP contribution in [0, 0.1) is 11.8 Å². The summed E-state index contributed by atoms with van der Waals surface area (Å²) in [4.78, 5) is 10.5. The number of carboxylic acid groups (broad SMARTS) is 1. The van der Waals surface area contributed by atoms with Crippen LogP contribution >= 0.6 is 0 Å². The van der Waals surface area contributed by atoms with Crippen molar-refractivity contribution < 1.29 is 31.5 Å². The van der Waals surface area contributed by atoms with Gasteiger partial charge in [-0.05, 0) is 18.8 Å². The molecule has 8 heteroatoms. The van der Waals surface area contributed by atoms with E-state index in [0.29, 0.717) is 12.8 Å². The van der Waals surface area contributed by atoms with Crippen molar-refractivity contribution in [2.45, 2.75) is 31.9 Å². The maximum atomic E-state index is 12.4. The molecular formula is C10H15F3O4S. The van der Waals surface area contributed by atoms with Crippen LogP contribution < -0.4 is 0 Å². The summed E-state index contributed by atoms with van der Waals surface area (Å²) in [5, 5.41) is 8.45. The number of sulfone groups is 1. The van der Waals surface area contributed by atoms with Crippen molar-refractivity contribution in [1.82, 2.24) is 0 Å². The van der Waals surface area contributed by atoms with E-state index in [-0.39, 0.29) is 11.7 Å². The molecule has 18 heavy (non-hydrogen) atoms. The highest BCUT2D eigenvalue weighted by atomic mass is 32.2. The monoisotopic (exact) mass is 288 g/mol. The Balaban J connectivity index is 2.70. The molecule has 0 amide bonds. The van der Waals surface area contributed by atoms with E-state index in [1.165, 1.54) is 0 Å². The van der Waals surface area contributed by atoms with Crippen molar-refractivity contribution in [3.8, 4) is 0 Å². The van der Waals surface area contributed by atoms with Gasteiger partial charge >= 0.3 is 12.1 Å². The van der Waals surface area contributed by atoms with E-state index in [9.17, 15) is 26.4 Å². The fraction of sp³-hybridized carbons (Fsp3) is 0.900. The van der Waals surface area contributed by atoms with Gasteiger partial charge in [0.2, 0.25) is 0 Å². The summed E-state index contributed by atoms with van der Waals surface area (Å²) in [6, 6.07) is 0. The third-order valence-electron chi connectivity index (χ3n) is 3.08. The van der Waals surface area contributed by atoms with Crippen LogP contribution in [0.1, 0.15) is 25.7 Å². The Labute approximate surface area is 103 Å².